The fourth-order valence-electron chi connectivity index (χ4n) is 4.25. The van der Waals surface area contributed by atoms with Gasteiger partial charge in [-0.2, -0.15) is 9.78 Å². The van der Waals surface area contributed by atoms with Crippen LogP contribution in [0.2, 0.25) is 0 Å². The highest BCUT2D eigenvalue weighted by atomic mass is 16.5. The summed E-state index contributed by atoms with van der Waals surface area (Å²) in [5.74, 6) is 0.873. The summed E-state index contributed by atoms with van der Waals surface area (Å²) < 4.78 is 6.81. The highest BCUT2D eigenvalue weighted by Gasteiger charge is 2.15. The van der Waals surface area contributed by atoms with Gasteiger partial charge in [-0.3, -0.25) is 9.69 Å². The number of likely N-dealkylation sites (tertiary alicyclic amines) is 1. The summed E-state index contributed by atoms with van der Waals surface area (Å²) in [4.78, 5) is 23.1. The van der Waals surface area contributed by atoms with E-state index in [0.29, 0.717) is 11.0 Å². The molecule has 7 heteroatoms. The number of fused-ring (bicyclic) bond motifs is 3. The number of nitrogens with zero attached hydrogens (tertiary/aromatic N) is 4. The number of ether oxygens (including phenoxy) is 1. The molecule has 31 heavy (non-hydrogen) atoms. The van der Waals surface area contributed by atoms with E-state index in [1.165, 1.54) is 23.8 Å². The van der Waals surface area contributed by atoms with E-state index in [9.17, 15) is 4.79 Å². The second kappa shape index (κ2) is 8.00. The van der Waals surface area contributed by atoms with Gasteiger partial charge in [-0.05, 0) is 68.8 Å². The van der Waals surface area contributed by atoms with Crippen LogP contribution in [0.5, 0.6) is 5.75 Å². The Morgan fingerprint density at radius 3 is 2.84 bits per heavy atom. The molecule has 3 heterocycles. The predicted molar refractivity (Wildman–Crippen MR) is 123 cm³/mol. The Balaban J connectivity index is 1.47. The van der Waals surface area contributed by atoms with Crippen LogP contribution >= 0.6 is 0 Å². The van der Waals surface area contributed by atoms with Gasteiger partial charge in [0, 0.05) is 23.0 Å². The minimum atomic E-state index is -0.221. The van der Waals surface area contributed by atoms with Gasteiger partial charge in [0.25, 0.3) is 5.56 Å². The number of hydrogen-bond acceptors (Lipinski definition) is 5. The van der Waals surface area contributed by atoms with Crippen molar-refractivity contribution in [3.63, 3.8) is 0 Å². The lowest BCUT2D eigenvalue weighted by Gasteiger charge is -2.17. The van der Waals surface area contributed by atoms with E-state index in [2.05, 4.69) is 26.0 Å². The minimum absolute atomic E-state index is 0.221. The molecular formula is C24H25N5O2. The van der Waals surface area contributed by atoms with Gasteiger partial charge in [-0.15, -0.1) is 0 Å². The first-order valence-corrected chi connectivity index (χ1v) is 10.6. The summed E-state index contributed by atoms with van der Waals surface area (Å²) >= 11 is 0. The maximum absolute atomic E-state index is 13.0. The maximum atomic E-state index is 13.0. The van der Waals surface area contributed by atoms with Crippen LogP contribution in [0.15, 0.2) is 52.6 Å². The third-order valence-corrected chi connectivity index (χ3v) is 5.87. The molecule has 5 rings (SSSR count). The number of rotatable bonds is 5. The van der Waals surface area contributed by atoms with E-state index < -0.39 is 0 Å². The van der Waals surface area contributed by atoms with Gasteiger partial charge in [0.05, 0.1) is 13.3 Å². The lowest BCUT2D eigenvalue weighted by Crippen LogP contribution is -2.19. The first-order chi connectivity index (χ1) is 15.1. The van der Waals surface area contributed by atoms with Crippen LogP contribution in [0, 0.1) is 6.92 Å². The van der Waals surface area contributed by atoms with Crippen molar-refractivity contribution in [2.45, 2.75) is 26.3 Å². The van der Waals surface area contributed by atoms with Gasteiger partial charge < -0.3 is 9.72 Å². The molecule has 1 aliphatic heterocycles. The summed E-state index contributed by atoms with van der Waals surface area (Å²) in [5.41, 5.74) is 4.97. The van der Waals surface area contributed by atoms with Gasteiger partial charge in [0.2, 0.25) is 0 Å². The summed E-state index contributed by atoms with van der Waals surface area (Å²) in [6, 6.07) is 12.0. The first-order valence-electron chi connectivity index (χ1n) is 10.6. The topological polar surface area (TPSA) is 75.5 Å². The smallest absolute Gasteiger partial charge is 0.298 e. The van der Waals surface area contributed by atoms with Crippen LogP contribution < -0.4 is 10.3 Å². The van der Waals surface area contributed by atoms with Crippen LogP contribution in [0.25, 0.3) is 21.9 Å². The van der Waals surface area contributed by atoms with E-state index in [-0.39, 0.29) is 5.56 Å². The van der Waals surface area contributed by atoms with Crippen molar-refractivity contribution in [3.8, 4) is 5.75 Å². The molecule has 0 unspecified atom stereocenters. The minimum Gasteiger partial charge on any atom is -0.496 e. The molecule has 1 aliphatic rings. The second-order valence-corrected chi connectivity index (χ2v) is 8.09. The van der Waals surface area contributed by atoms with E-state index in [4.69, 9.17) is 4.74 Å². The Hall–Kier alpha value is -3.45. The molecule has 1 saturated heterocycles. The van der Waals surface area contributed by atoms with Gasteiger partial charge in [-0.1, -0.05) is 11.6 Å². The Bertz CT molecular complexity index is 1350. The molecule has 1 N–H and O–H groups in total. The molecule has 7 nitrogen and oxygen atoms in total. The van der Waals surface area contributed by atoms with Crippen LogP contribution in [-0.4, -0.2) is 46.0 Å². The molecule has 0 saturated carbocycles. The molecule has 0 atom stereocenters. The molecule has 4 aromatic rings. The Labute approximate surface area is 180 Å². The van der Waals surface area contributed by atoms with Crippen molar-refractivity contribution in [2.75, 3.05) is 20.2 Å². The number of H-pyrrole nitrogens is 1. The predicted octanol–water partition coefficient (Wildman–Crippen LogP) is 3.67. The Morgan fingerprint density at radius 1 is 1.19 bits per heavy atom. The second-order valence-electron chi connectivity index (χ2n) is 8.09. The zero-order valence-electron chi connectivity index (χ0n) is 17.8. The number of aromatic nitrogens is 3. The normalized spacial score (nSPS) is 14.9. The third kappa shape index (κ3) is 3.72. The molecule has 0 aliphatic carbocycles. The van der Waals surface area contributed by atoms with Gasteiger partial charge in [0.1, 0.15) is 23.1 Å². The Morgan fingerprint density at radius 2 is 2.03 bits per heavy atom. The average Bonchev–Trinajstić information content (AvgIpc) is 3.41. The van der Waals surface area contributed by atoms with Gasteiger partial charge >= 0.3 is 0 Å². The SMILES string of the molecule is COc1ccc(C=Nn2cnc3c([nH]c4ccc(C)cc43)c2=O)cc1CN1CCCC1. The van der Waals surface area contributed by atoms with Crippen molar-refractivity contribution in [3.05, 3.63) is 69.8 Å². The Kier molecular flexibility index (Phi) is 5.03. The van der Waals surface area contributed by atoms with Crippen molar-refractivity contribution in [1.29, 1.82) is 0 Å². The lowest BCUT2D eigenvalue weighted by molar-refractivity contribution is 0.321. The van der Waals surface area contributed by atoms with Crippen molar-refractivity contribution in [2.24, 2.45) is 5.10 Å². The van der Waals surface area contributed by atoms with E-state index in [1.54, 1.807) is 13.3 Å². The molecule has 158 valence electrons. The highest BCUT2D eigenvalue weighted by molar-refractivity contribution is 6.04. The summed E-state index contributed by atoms with van der Waals surface area (Å²) in [6.45, 7) is 5.11. The monoisotopic (exact) mass is 415 g/mol. The lowest BCUT2D eigenvalue weighted by atomic mass is 10.1. The largest absolute Gasteiger partial charge is 0.496 e. The molecular weight excluding hydrogens is 390 g/mol. The molecule has 0 bridgehead atoms. The molecule has 1 fully saturated rings. The number of nitrogens with one attached hydrogen (secondary N) is 1. The summed E-state index contributed by atoms with van der Waals surface area (Å²) in [7, 11) is 1.69. The number of aromatic amines is 1. The maximum Gasteiger partial charge on any atom is 0.298 e. The van der Waals surface area contributed by atoms with Crippen molar-refractivity contribution < 1.29 is 4.74 Å². The van der Waals surface area contributed by atoms with Crippen molar-refractivity contribution in [1.82, 2.24) is 19.5 Å². The first kappa shape index (κ1) is 19.5. The van der Waals surface area contributed by atoms with Crippen molar-refractivity contribution >= 4 is 28.2 Å². The quantitative estimate of drug-likeness (QED) is 0.505. The molecule has 0 amide bonds. The number of methoxy groups -OCH3 is 1. The third-order valence-electron chi connectivity index (χ3n) is 5.87. The van der Waals surface area contributed by atoms with E-state index in [1.807, 2.05) is 37.3 Å². The number of hydrogen-bond donors (Lipinski definition) is 1. The van der Waals surface area contributed by atoms with Crippen LogP contribution in [-0.2, 0) is 6.54 Å². The zero-order valence-corrected chi connectivity index (χ0v) is 17.8. The molecule has 2 aromatic carbocycles. The van der Waals surface area contributed by atoms with Crippen LogP contribution in [0.1, 0.15) is 29.5 Å². The van der Waals surface area contributed by atoms with Crippen LogP contribution in [0.3, 0.4) is 0 Å². The van der Waals surface area contributed by atoms with Gasteiger partial charge in [0.15, 0.2) is 0 Å². The van der Waals surface area contributed by atoms with Crippen LogP contribution in [0.4, 0.5) is 0 Å². The number of benzene rings is 2. The molecule has 0 spiro atoms. The molecule has 2 aromatic heterocycles. The van der Waals surface area contributed by atoms with E-state index >= 15 is 0 Å². The summed E-state index contributed by atoms with van der Waals surface area (Å²) in [5, 5.41) is 5.33. The summed E-state index contributed by atoms with van der Waals surface area (Å²) in [6.07, 6.45) is 5.66. The highest BCUT2D eigenvalue weighted by Crippen LogP contribution is 2.24. The standard InChI is InChI=1S/C24H25N5O2/c1-16-5-7-20-19(11-16)22-23(27-20)24(30)29(15-25-22)26-13-17-6-8-21(31-2)18(12-17)14-28-9-3-4-10-28/h5-8,11-13,15,27H,3-4,9-10,14H2,1-2H3. The fourth-order valence-corrected chi connectivity index (χ4v) is 4.25. The molecule has 0 radical (unpaired) electrons. The van der Waals surface area contributed by atoms with E-state index in [0.717, 1.165) is 53.0 Å². The fraction of sp³-hybridized carbons (Fsp3) is 0.292. The average molecular weight is 415 g/mol. The van der Waals surface area contributed by atoms with Gasteiger partial charge in [-0.25, -0.2) is 4.98 Å². The zero-order chi connectivity index (χ0) is 21.4. The number of aryl methyl sites for hydroxylation is 1.